The van der Waals surface area contributed by atoms with Crippen LogP contribution in [0.15, 0.2) is 30.3 Å². The molecule has 0 aliphatic carbocycles. The minimum Gasteiger partial charge on any atom is -0.381 e. The van der Waals surface area contributed by atoms with E-state index in [-0.39, 0.29) is 5.56 Å². The molecule has 4 rings (SSSR count). The van der Waals surface area contributed by atoms with Crippen molar-refractivity contribution in [2.75, 3.05) is 37.3 Å². The van der Waals surface area contributed by atoms with E-state index < -0.39 is 12.6 Å². The lowest BCUT2D eigenvalue weighted by atomic mass is 10.0. The Morgan fingerprint density at radius 2 is 1.83 bits per heavy atom. The second kappa shape index (κ2) is 10.8. The normalized spacial score (nSPS) is 15.2. The molecular weight excluding hydrogens is 486 g/mol. The van der Waals surface area contributed by atoms with Gasteiger partial charge in [-0.05, 0) is 86.3 Å². The van der Waals surface area contributed by atoms with E-state index in [9.17, 15) is 13.2 Å². The van der Waals surface area contributed by atoms with Crippen LogP contribution >= 0.6 is 20.6 Å². The Morgan fingerprint density at radius 3 is 2.54 bits per heavy atom. The second-order valence-electron chi connectivity index (χ2n) is 9.21. The van der Waals surface area contributed by atoms with Crippen LogP contribution in [0.3, 0.4) is 0 Å². The molecule has 0 bridgehead atoms. The summed E-state index contributed by atoms with van der Waals surface area (Å²) in [6.45, 7) is 6.49. The summed E-state index contributed by atoms with van der Waals surface area (Å²) in [7, 11) is 4.83. The lowest BCUT2D eigenvalue weighted by molar-refractivity contribution is -0.126. The number of nitrogens with one attached hydrogen (secondary N) is 2. The third-order valence-electron chi connectivity index (χ3n) is 6.67. The van der Waals surface area contributed by atoms with Crippen LogP contribution in [-0.4, -0.2) is 43.8 Å². The molecule has 1 aliphatic heterocycles. The molecule has 186 valence electrons. The summed E-state index contributed by atoms with van der Waals surface area (Å²) < 4.78 is 41.3. The number of likely N-dealkylation sites (tertiary alicyclic amines) is 1. The lowest BCUT2D eigenvalue weighted by Crippen LogP contribution is -2.36. The Kier molecular flexibility index (Phi) is 7.96. The molecule has 1 aliphatic rings. The summed E-state index contributed by atoms with van der Waals surface area (Å²) in [4.78, 5) is 2.79. The van der Waals surface area contributed by atoms with Gasteiger partial charge in [0, 0.05) is 11.7 Å². The van der Waals surface area contributed by atoms with Crippen LogP contribution in [0.2, 0.25) is 0 Å². The van der Waals surface area contributed by atoms with Crippen molar-refractivity contribution in [3.05, 3.63) is 51.9 Å². The molecule has 8 heteroatoms. The Morgan fingerprint density at radius 1 is 1.09 bits per heavy atom. The first-order chi connectivity index (χ1) is 16.6. The van der Waals surface area contributed by atoms with Crippen molar-refractivity contribution in [1.29, 1.82) is 0 Å². The SMILES string of the molecule is Cc1c(P)ccc(NCC#Cc2sc3c(NC4CCN(C)CC4)cccc3c2CC(F)(F)F)c1C. The number of fused-ring (bicyclic) bond motifs is 1. The quantitative estimate of drug-likeness (QED) is 0.317. The van der Waals surface area contributed by atoms with E-state index in [2.05, 4.69) is 50.6 Å². The van der Waals surface area contributed by atoms with Gasteiger partial charge in [0.05, 0.1) is 28.2 Å². The molecule has 1 atom stereocenters. The van der Waals surface area contributed by atoms with E-state index in [4.69, 9.17) is 0 Å². The summed E-state index contributed by atoms with van der Waals surface area (Å²) in [6.07, 6.45) is -3.24. The number of hydrogen-bond donors (Lipinski definition) is 2. The molecule has 1 unspecified atom stereocenters. The van der Waals surface area contributed by atoms with Gasteiger partial charge in [-0.1, -0.05) is 30.0 Å². The molecule has 0 saturated carbocycles. The number of anilines is 2. The first kappa shape index (κ1) is 25.8. The zero-order valence-electron chi connectivity index (χ0n) is 20.3. The number of rotatable bonds is 5. The van der Waals surface area contributed by atoms with Gasteiger partial charge in [0.1, 0.15) is 0 Å². The van der Waals surface area contributed by atoms with Crippen molar-refractivity contribution in [1.82, 2.24) is 4.90 Å². The highest BCUT2D eigenvalue weighted by molar-refractivity contribution is 7.27. The number of benzene rings is 2. The summed E-state index contributed by atoms with van der Waals surface area (Å²) in [5.41, 5.74) is 4.49. The van der Waals surface area contributed by atoms with Crippen LogP contribution < -0.4 is 15.9 Å². The predicted molar refractivity (Wildman–Crippen MR) is 146 cm³/mol. The van der Waals surface area contributed by atoms with Gasteiger partial charge >= 0.3 is 6.18 Å². The summed E-state index contributed by atoms with van der Waals surface area (Å²) in [5, 5.41) is 8.69. The van der Waals surface area contributed by atoms with Crippen LogP contribution in [0.25, 0.3) is 10.1 Å². The minimum atomic E-state index is -4.30. The molecule has 0 spiro atoms. The highest BCUT2D eigenvalue weighted by Gasteiger charge is 2.31. The summed E-state index contributed by atoms with van der Waals surface area (Å²) in [5.74, 6) is 6.10. The average Bonchev–Trinajstić information content (AvgIpc) is 3.14. The Hall–Kier alpha value is -2.26. The maximum atomic E-state index is 13.5. The predicted octanol–water partition coefficient (Wildman–Crippen LogP) is 6.09. The average molecular weight is 518 g/mol. The number of halogens is 3. The molecule has 1 fully saturated rings. The van der Waals surface area contributed by atoms with Gasteiger partial charge in [-0.2, -0.15) is 13.2 Å². The van der Waals surface area contributed by atoms with Gasteiger partial charge in [0.2, 0.25) is 0 Å². The number of alkyl halides is 3. The lowest BCUT2D eigenvalue weighted by Gasteiger charge is -2.30. The first-order valence-electron chi connectivity index (χ1n) is 11.8. The fraction of sp³-hybridized carbons (Fsp3) is 0.407. The highest BCUT2D eigenvalue weighted by Crippen LogP contribution is 2.39. The topological polar surface area (TPSA) is 27.3 Å². The fourth-order valence-corrected chi connectivity index (χ4v) is 5.91. The molecule has 1 saturated heterocycles. The Labute approximate surface area is 211 Å². The molecule has 0 amide bonds. The number of nitrogens with zero attached hydrogens (tertiary/aromatic N) is 1. The zero-order chi connectivity index (χ0) is 25.2. The van der Waals surface area contributed by atoms with Gasteiger partial charge in [0.15, 0.2) is 0 Å². The summed E-state index contributed by atoms with van der Waals surface area (Å²) in [6, 6.07) is 9.94. The van der Waals surface area contributed by atoms with Gasteiger partial charge in [-0.3, -0.25) is 0 Å². The molecule has 3 nitrogen and oxygen atoms in total. The number of piperidine rings is 1. The molecule has 1 aromatic heterocycles. The zero-order valence-corrected chi connectivity index (χ0v) is 22.2. The van der Waals surface area contributed by atoms with Crippen LogP contribution in [0.4, 0.5) is 24.5 Å². The van der Waals surface area contributed by atoms with Gasteiger partial charge < -0.3 is 15.5 Å². The van der Waals surface area contributed by atoms with Crippen molar-refractivity contribution in [3.63, 3.8) is 0 Å². The van der Waals surface area contributed by atoms with E-state index in [0.29, 0.717) is 22.8 Å². The fourth-order valence-electron chi connectivity index (χ4n) is 4.43. The molecule has 0 radical (unpaired) electrons. The number of thiophene rings is 1. The first-order valence-corrected chi connectivity index (χ1v) is 13.2. The van der Waals surface area contributed by atoms with E-state index in [0.717, 1.165) is 52.9 Å². The summed E-state index contributed by atoms with van der Waals surface area (Å²) >= 11 is 1.36. The standard InChI is InChI=1S/C27H31F3N3PS/c1-17-18(2)24(34)10-9-22(17)31-13-5-8-25-21(16-27(28,29)30)20-6-4-7-23(26(20)35-25)32-19-11-14-33(3)15-12-19/h4,6-7,9-10,19,31-32H,11-16,34H2,1-3H3. The van der Waals surface area contributed by atoms with Crippen molar-refractivity contribution in [3.8, 4) is 11.8 Å². The van der Waals surface area contributed by atoms with E-state index in [1.165, 1.54) is 16.9 Å². The third-order valence-corrected chi connectivity index (χ3v) is 8.49. The maximum absolute atomic E-state index is 13.5. The van der Waals surface area contributed by atoms with Crippen molar-refractivity contribution >= 4 is 47.3 Å². The third kappa shape index (κ3) is 6.30. The minimum absolute atomic E-state index is 0.274. The van der Waals surface area contributed by atoms with Crippen molar-refractivity contribution in [2.24, 2.45) is 0 Å². The van der Waals surface area contributed by atoms with Gasteiger partial charge in [-0.25, -0.2) is 0 Å². The van der Waals surface area contributed by atoms with Crippen molar-refractivity contribution < 1.29 is 13.2 Å². The van der Waals surface area contributed by atoms with Crippen LogP contribution in [0, 0.1) is 25.7 Å². The second-order valence-corrected chi connectivity index (χ2v) is 10.9. The smallest absolute Gasteiger partial charge is 0.381 e. The van der Waals surface area contributed by atoms with E-state index >= 15 is 0 Å². The molecular formula is C27H31F3N3PS. The molecule has 2 aromatic carbocycles. The molecule has 3 aromatic rings. The van der Waals surface area contributed by atoms with E-state index in [1.807, 2.05) is 31.2 Å². The van der Waals surface area contributed by atoms with Crippen LogP contribution in [-0.2, 0) is 6.42 Å². The van der Waals surface area contributed by atoms with Crippen molar-refractivity contribution in [2.45, 2.75) is 45.3 Å². The number of hydrogen-bond acceptors (Lipinski definition) is 4. The molecule has 2 N–H and O–H groups in total. The highest BCUT2D eigenvalue weighted by atomic mass is 32.1. The molecule has 35 heavy (non-hydrogen) atoms. The molecule has 2 heterocycles. The largest absolute Gasteiger partial charge is 0.393 e. The Bertz CT molecular complexity index is 1260. The van der Waals surface area contributed by atoms with E-state index in [1.54, 1.807) is 6.07 Å². The monoisotopic (exact) mass is 517 g/mol. The van der Waals surface area contributed by atoms with Gasteiger partial charge in [-0.15, -0.1) is 20.6 Å². The van der Waals surface area contributed by atoms with Crippen LogP contribution in [0.5, 0.6) is 0 Å². The van der Waals surface area contributed by atoms with Crippen LogP contribution in [0.1, 0.15) is 34.4 Å². The van der Waals surface area contributed by atoms with Gasteiger partial charge in [0.25, 0.3) is 0 Å². The maximum Gasteiger partial charge on any atom is 0.393 e. The Balaban J connectivity index is 1.60.